The van der Waals surface area contributed by atoms with Gasteiger partial charge in [-0.2, -0.15) is 5.26 Å². The van der Waals surface area contributed by atoms with E-state index < -0.39 is 0 Å². The van der Waals surface area contributed by atoms with Gasteiger partial charge in [0.2, 0.25) is 0 Å². The molecular weight excluding hydrogens is 484 g/mol. The molecule has 0 aliphatic carbocycles. The molecule has 196 valence electrons. The number of aromatic nitrogens is 2. The van der Waals surface area contributed by atoms with Gasteiger partial charge < -0.3 is 10.6 Å². The van der Waals surface area contributed by atoms with Crippen LogP contribution in [0.25, 0.3) is 16.8 Å². The molecule has 0 unspecified atom stereocenters. The van der Waals surface area contributed by atoms with Gasteiger partial charge in [-0.25, -0.2) is 20.0 Å². The number of nitrogens with two attached hydrogens (primary N) is 1. The second-order valence-corrected chi connectivity index (χ2v) is 9.15. The van der Waals surface area contributed by atoms with Crippen LogP contribution in [0.5, 0.6) is 0 Å². The van der Waals surface area contributed by atoms with E-state index in [0.717, 1.165) is 58.3 Å². The number of amidine groups is 1. The molecule has 39 heavy (non-hydrogen) atoms. The minimum atomic E-state index is 0.162. The SMILES string of the molecule is C=C(N)/N=C(C)\C(C#N)=C(/C)N(CCC)CC1=Nc2cccc(-c3cncnc3)c2C(=C)N1c1ccccc1. The number of aliphatic imine (C=N–C) groups is 2. The van der Waals surface area contributed by atoms with Gasteiger partial charge in [0.25, 0.3) is 0 Å². The van der Waals surface area contributed by atoms with E-state index in [-0.39, 0.29) is 5.82 Å². The monoisotopic (exact) mass is 516 g/mol. The summed E-state index contributed by atoms with van der Waals surface area (Å²) in [6.45, 7) is 15.2. The van der Waals surface area contributed by atoms with Crippen LogP contribution in [-0.2, 0) is 0 Å². The maximum absolute atomic E-state index is 9.99. The van der Waals surface area contributed by atoms with Crippen LogP contribution in [0.2, 0.25) is 0 Å². The molecule has 8 nitrogen and oxygen atoms in total. The number of hydrogen-bond donors (Lipinski definition) is 1. The first-order valence-electron chi connectivity index (χ1n) is 12.7. The second-order valence-electron chi connectivity index (χ2n) is 9.15. The van der Waals surface area contributed by atoms with Crippen LogP contribution in [-0.4, -0.2) is 39.5 Å². The van der Waals surface area contributed by atoms with Gasteiger partial charge in [0.1, 0.15) is 24.1 Å². The van der Waals surface area contributed by atoms with Crippen LogP contribution in [0, 0.1) is 11.3 Å². The van der Waals surface area contributed by atoms with Gasteiger partial charge in [-0.05, 0) is 44.0 Å². The average Bonchev–Trinajstić information content (AvgIpc) is 2.93. The van der Waals surface area contributed by atoms with E-state index in [1.807, 2.05) is 55.5 Å². The first-order chi connectivity index (χ1) is 18.8. The summed E-state index contributed by atoms with van der Waals surface area (Å²) in [5.74, 6) is 0.956. The summed E-state index contributed by atoms with van der Waals surface area (Å²) in [5, 5.41) is 9.99. The fraction of sp³-hybridized carbons (Fsp3) is 0.194. The van der Waals surface area contributed by atoms with E-state index in [2.05, 4.69) is 50.9 Å². The Morgan fingerprint density at radius 3 is 2.46 bits per heavy atom. The number of para-hydroxylation sites is 1. The minimum absolute atomic E-state index is 0.162. The number of allylic oxidation sites excluding steroid dienone is 2. The molecule has 0 radical (unpaired) electrons. The third-order valence-corrected chi connectivity index (χ3v) is 6.44. The van der Waals surface area contributed by atoms with Crippen LogP contribution >= 0.6 is 0 Å². The molecule has 2 N–H and O–H groups in total. The number of benzene rings is 2. The normalized spacial score (nSPS) is 13.7. The topological polar surface area (TPSA) is 107 Å². The maximum Gasteiger partial charge on any atom is 0.133 e. The zero-order valence-electron chi connectivity index (χ0n) is 22.6. The largest absolute Gasteiger partial charge is 0.384 e. The fourth-order valence-electron chi connectivity index (χ4n) is 4.72. The van der Waals surface area contributed by atoms with Crippen molar-refractivity contribution in [3.63, 3.8) is 0 Å². The van der Waals surface area contributed by atoms with E-state index in [4.69, 9.17) is 10.7 Å². The van der Waals surface area contributed by atoms with Gasteiger partial charge in [-0.1, -0.05) is 50.4 Å². The first-order valence-corrected chi connectivity index (χ1v) is 12.7. The van der Waals surface area contributed by atoms with Crippen molar-refractivity contribution in [1.82, 2.24) is 14.9 Å². The fourth-order valence-corrected chi connectivity index (χ4v) is 4.72. The van der Waals surface area contributed by atoms with Crippen molar-refractivity contribution < 1.29 is 0 Å². The van der Waals surface area contributed by atoms with E-state index in [0.29, 0.717) is 17.8 Å². The number of nitriles is 1. The van der Waals surface area contributed by atoms with Gasteiger partial charge in [0.15, 0.2) is 0 Å². The van der Waals surface area contributed by atoms with Crippen molar-refractivity contribution in [3.05, 3.63) is 103 Å². The van der Waals surface area contributed by atoms with Crippen molar-refractivity contribution in [2.24, 2.45) is 15.7 Å². The lowest BCUT2D eigenvalue weighted by molar-refractivity contribution is 0.388. The van der Waals surface area contributed by atoms with Crippen LogP contribution in [0.15, 0.2) is 107 Å². The Kier molecular flexibility index (Phi) is 8.32. The maximum atomic E-state index is 9.99. The van der Waals surface area contributed by atoms with Gasteiger partial charge in [-0.15, -0.1) is 0 Å². The molecule has 1 aliphatic rings. The van der Waals surface area contributed by atoms with Gasteiger partial charge in [0.05, 0.1) is 29.2 Å². The molecule has 0 amide bonds. The van der Waals surface area contributed by atoms with Crippen LogP contribution in [0.4, 0.5) is 11.4 Å². The van der Waals surface area contributed by atoms with E-state index in [1.54, 1.807) is 19.3 Å². The Morgan fingerprint density at radius 1 is 1.10 bits per heavy atom. The van der Waals surface area contributed by atoms with E-state index in [9.17, 15) is 5.26 Å². The predicted octanol–water partition coefficient (Wildman–Crippen LogP) is 6.06. The number of rotatable bonds is 9. The van der Waals surface area contributed by atoms with Crippen LogP contribution in [0.1, 0.15) is 32.8 Å². The van der Waals surface area contributed by atoms with Crippen LogP contribution < -0.4 is 10.6 Å². The molecule has 1 aliphatic heterocycles. The van der Waals surface area contributed by atoms with Gasteiger partial charge >= 0.3 is 0 Å². The second kappa shape index (κ2) is 12.0. The lowest BCUT2D eigenvalue weighted by atomic mass is 9.96. The standard InChI is InChI=1S/C31H32N8/c1-6-15-38(22(3)28(16-32)21(2)36-24(5)33)19-30-37-29-14-10-13-27(25-17-34-20-35-18-25)31(29)23(4)39(30)26-11-8-7-9-12-26/h7-14,17-18,20H,4-6,15,19,33H2,1-3H3/b28-22+,36-21-. The Balaban J connectivity index is 1.87. The van der Waals surface area contributed by atoms with Gasteiger partial charge in [-0.3, -0.25) is 4.90 Å². The van der Waals surface area contributed by atoms with Crippen molar-refractivity contribution >= 4 is 28.6 Å². The highest BCUT2D eigenvalue weighted by atomic mass is 15.3. The Hall–Kier alpha value is -5.03. The van der Waals surface area contributed by atoms with Crippen LogP contribution in [0.3, 0.4) is 0 Å². The zero-order valence-corrected chi connectivity index (χ0v) is 22.6. The third-order valence-electron chi connectivity index (χ3n) is 6.44. The Bertz CT molecular complexity index is 1510. The lowest BCUT2D eigenvalue weighted by Gasteiger charge is -2.37. The third kappa shape index (κ3) is 5.78. The molecule has 0 spiro atoms. The lowest BCUT2D eigenvalue weighted by Crippen LogP contribution is -2.41. The highest BCUT2D eigenvalue weighted by molar-refractivity contribution is 6.15. The average molecular weight is 517 g/mol. The Labute approximate surface area is 229 Å². The van der Waals surface area contributed by atoms with E-state index >= 15 is 0 Å². The molecule has 0 fully saturated rings. The molecule has 8 heteroatoms. The molecular formula is C31H32N8. The number of fused-ring (bicyclic) bond motifs is 1. The molecule has 0 saturated heterocycles. The van der Waals surface area contributed by atoms with Crippen molar-refractivity contribution in [3.8, 4) is 17.2 Å². The smallest absolute Gasteiger partial charge is 0.133 e. The molecule has 4 rings (SSSR count). The highest BCUT2D eigenvalue weighted by Gasteiger charge is 2.29. The summed E-state index contributed by atoms with van der Waals surface area (Å²) in [7, 11) is 0. The molecule has 1 aromatic heterocycles. The number of hydrogen-bond acceptors (Lipinski definition) is 8. The summed E-state index contributed by atoms with van der Waals surface area (Å²) >= 11 is 0. The van der Waals surface area contributed by atoms with Crippen molar-refractivity contribution in [1.29, 1.82) is 5.26 Å². The predicted molar refractivity (Wildman–Crippen MR) is 159 cm³/mol. The molecule has 2 aromatic carbocycles. The number of anilines is 1. The first kappa shape index (κ1) is 27.0. The molecule has 3 aromatic rings. The molecule has 0 bridgehead atoms. The zero-order chi connectivity index (χ0) is 27.9. The van der Waals surface area contributed by atoms with Crippen molar-refractivity contribution in [2.75, 3.05) is 18.0 Å². The summed E-state index contributed by atoms with van der Waals surface area (Å²) in [6, 6.07) is 18.4. The van der Waals surface area contributed by atoms with Gasteiger partial charge in [0, 0.05) is 41.4 Å². The highest BCUT2D eigenvalue weighted by Crippen LogP contribution is 2.42. The summed E-state index contributed by atoms with van der Waals surface area (Å²) < 4.78 is 0. The van der Waals surface area contributed by atoms with Crippen molar-refractivity contribution in [2.45, 2.75) is 27.2 Å². The quantitative estimate of drug-likeness (QED) is 0.273. The summed E-state index contributed by atoms with van der Waals surface area (Å²) in [5.41, 5.74) is 12.8. The molecule has 0 atom stereocenters. The summed E-state index contributed by atoms with van der Waals surface area (Å²) in [4.78, 5) is 22.0. The van der Waals surface area contributed by atoms with E-state index in [1.165, 1.54) is 6.33 Å². The molecule has 0 saturated carbocycles. The summed E-state index contributed by atoms with van der Waals surface area (Å²) in [6.07, 6.45) is 5.98. The minimum Gasteiger partial charge on any atom is -0.384 e. The number of nitrogens with zero attached hydrogens (tertiary/aromatic N) is 7. The molecule has 2 heterocycles. The Morgan fingerprint density at radius 2 is 1.82 bits per heavy atom.